The SMILES string of the molecule is CC1CN(c2ccc3cnccc3c2N)CC1N(C)C. The second-order valence-corrected chi connectivity index (χ2v) is 6.01. The van der Waals surface area contributed by atoms with Crippen molar-refractivity contribution in [1.82, 2.24) is 9.88 Å². The summed E-state index contributed by atoms with van der Waals surface area (Å²) in [5, 5.41) is 2.20. The molecule has 1 aromatic carbocycles. The van der Waals surface area contributed by atoms with Gasteiger partial charge in [-0.05, 0) is 32.1 Å². The number of nitrogens with zero attached hydrogens (tertiary/aromatic N) is 3. The summed E-state index contributed by atoms with van der Waals surface area (Å²) in [4.78, 5) is 8.87. The largest absolute Gasteiger partial charge is 0.397 e. The average Bonchev–Trinajstić information content (AvgIpc) is 2.81. The van der Waals surface area contributed by atoms with Crippen LogP contribution in [0, 0.1) is 5.92 Å². The molecule has 2 aromatic rings. The quantitative estimate of drug-likeness (QED) is 0.850. The Bertz CT molecular complexity index is 623. The van der Waals surface area contributed by atoms with Crippen molar-refractivity contribution in [2.75, 3.05) is 37.8 Å². The molecule has 20 heavy (non-hydrogen) atoms. The molecule has 106 valence electrons. The van der Waals surface area contributed by atoms with Crippen LogP contribution in [0.1, 0.15) is 6.92 Å². The Hall–Kier alpha value is -1.81. The zero-order valence-corrected chi connectivity index (χ0v) is 12.4. The van der Waals surface area contributed by atoms with E-state index in [-0.39, 0.29) is 0 Å². The van der Waals surface area contributed by atoms with E-state index < -0.39 is 0 Å². The van der Waals surface area contributed by atoms with Gasteiger partial charge in [-0.3, -0.25) is 4.98 Å². The first-order valence-electron chi connectivity index (χ1n) is 7.11. The highest BCUT2D eigenvalue weighted by Crippen LogP contribution is 2.34. The summed E-state index contributed by atoms with van der Waals surface area (Å²) in [6, 6.07) is 6.82. The predicted octanol–water partition coefficient (Wildman–Crippen LogP) is 2.20. The van der Waals surface area contributed by atoms with Gasteiger partial charge in [0.15, 0.2) is 0 Å². The monoisotopic (exact) mass is 270 g/mol. The molecule has 1 aliphatic heterocycles. The van der Waals surface area contributed by atoms with Crippen molar-refractivity contribution in [1.29, 1.82) is 0 Å². The number of nitrogens with two attached hydrogens (primary N) is 1. The van der Waals surface area contributed by atoms with E-state index >= 15 is 0 Å². The van der Waals surface area contributed by atoms with Crippen LogP contribution in [0.25, 0.3) is 10.8 Å². The van der Waals surface area contributed by atoms with Crippen LogP contribution in [-0.4, -0.2) is 43.1 Å². The average molecular weight is 270 g/mol. The standard InChI is InChI=1S/C16H22N4/c1-11-9-20(10-15(11)19(2)3)14-5-4-12-8-18-7-6-13(12)16(14)17/h4-8,11,15H,9-10,17H2,1-3H3. The minimum atomic E-state index is 0.586. The molecule has 1 aromatic heterocycles. The summed E-state index contributed by atoms with van der Waals surface area (Å²) in [6.07, 6.45) is 3.67. The Morgan fingerprint density at radius 1 is 1.25 bits per heavy atom. The maximum absolute atomic E-state index is 6.38. The molecule has 0 bridgehead atoms. The van der Waals surface area contributed by atoms with Crippen LogP contribution < -0.4 is 10.6 Å². The lowest BCUT2D eigenvalue weighted by Crippen LogP contribution is -2.34. The number of nitrogen functional groups attached to an aromatic ring is 1. The van der Waals surface area contributed by atoms with Gasteiger partial charge in [-0.2, -0.15) is 0 Å². The van der Waals surface area contributed by atoms with Crippen LogP contribution in [0.15, 0.2) is 30.6 Å². The molecule has 2 N–H and O–H groups in total. The highest BCUT2D eigenvalue weighted by molar-refractivity contribution is 5.98. The smallest absolute Gasteiger partial charge is 0.0632 e. The van der Waals surface area contributed by atoms with E-state index in [9.17, 15) is 0 Å². The van der Waals surface area contributed by atoms with Gasteiger partial charge in [-0.25, -0.2) is 0 Å². The number of likely N-dealkylation sites (N-methyl/N-ethyl adjacent to an activating group) is 1. The second-order valence-electron chi connectivity index (χ2n) is 6.01. The first kappa shape index (κ1) is 13.2. The molecule has 0 saturated carbocycles. The molecule has 1 saturated heterocycles. The Morgan fingerprint density at radius 2 is 2.05 bits per heavy atom. The fourth-order valence-corrected chi connectivity index (χ4v) is 3.28. The van der Waals surface area contributed by atoms with Crippen LogP contribution >= 0.6 is 0 Å². The van der Waals surface area contributed by atoms with Crippen LogP contribution in [0.4, 0.5) is 11.4 Å². The molecule has 2 unspecified atom stereocenters. The van der Waals surface area contributed by atoms with Gasteiger partial charge in [0.1, 0.15) is 0 Å². The highest BCUT2D eigenvalue weighted by Gasteiger charge is 2.31. The van der Waals surface area contributed by atoms with E-state index in [2.05, 4.69) is 47.9 Å². The van der Waals surface area contributed by atoms with Gasteiger partial charge in [-0.1, -0.05) is 13.0 Å². The van der Waals surface area contributed by atoms with Crippen molar-refractivity contribution in [3.8, 4) is 0 Å². The minimum absolute atomic E-state index is 0.586. The summed E-state index contributed by atoms with van der Waals surface area (Å²) >= 11 is 0. The van der Waals surface area contributed by atoms with E-state index in [0.29, 0.717) is 12.0 Å². The summed E-state index contributed by atoms with van der Waals surface area (Å²) in [6.45, 7) is 4.41. The highest BCUT2D eigenvalue weighted by atomic mass is 15.2. The lowest BCUT2D eigenvalue weighted by Gasteiger charge is -2.24. The second kappa shape index (κ2) is 4.94. The van der Waals surface area contributed by atoms with Crippen LogP contribution in [-0.2, 0) is 0 Å². The molecule has 0 aliphatic carbocycles. The van der Waals surface area contributed by atoms with E-state index in [4.69, 9.17) is 5.73 Å². The third-order valence-electron chi connectivity index (χ3n) is 4.42. The zero-order chi connectivity index (χ0) is 14.3. The maximum atomic E-state index is 6.38. The molecule has 0 radical (unpaired) electrons. The molecule has 2 heterocycles. The van der Waals surface area contributed by atoms with Crippen molar-refractivity contribution in [3.05, 3.63) is 30.6 Å². The molecular weight excluding hydrogens is 248 g/mol. The predicted molar refractivity (Wildman–Crippen MR) is 85.0 cm³/mol. The molecule has 1 fully saturated rings. The Morgan fingerprint density at radius 3 is 2.75 bits per heavy atom. The van der Waals surface area contributed by atoms with Crippen molar-refractivity contribution in [2.45, 2.75) is 13.0 Å². The van der Waals surface area contributed by atoms with Crippen LogP contribution in [0.5, 0.6) is 0 Å². The van der Waals surface area contributed by atoms with Crippen LogP contribution in [0.3, 0.4) is 0 Å². The topological polar surface area (TPSA) is 45.4 Å². The fraction of sp³-hybridized carbons (Fsp3) is 0.438. The Labute approximate surface area is 120 Å². The summed E-state index contributed by atoms with van der Waals surface area (Å²) in [7, 11) is 4.31. The first-order valence-corrected chi connectivity index (χ1v) is 7.11. The zero-order valence-electron chi connectivity index (χ0n) is 12.4. The number of benzene rings is 1. The van der Waals surface area contributed by atoms with Gasteiger partial charge in [-0.15, -0.1) is 0 Å². The Kier molecular flexibility index (Phi) is 3.26. The van der Waals surface area contributed by atoms with Crippen molar-refractivity contribution in [3.63, 3.8) is 0 Å². The normalized spacial score (nSPS) is 22.9. The lowest BCUT2D eigenvalue weighted by atomic mass is 10.1. The van der Waals surface area contributed by atoms with Crippen molar-refractivity contribution >= 4 is 22.1 Å². The van der Waals surface area contributed by atoms with Gasteiger partial charge >= 0.3 is 0 Å². The van der Waals surface area contributed by atoms with E-state index in [1.165, 1.54) is 0 Å². The molecular formula is C16H22N4. The number of fused-ring (bicyclic) bond motifs is 1. The number of aromatic nitrogens is 1. The van der Waals surface area contributed by atoms with Crippen molar-refractivity contribution in [2.24, 2.45) is 5.92 Å². The van der Waals surface area contributed by atoms with Gasteiger partial charge in [0.2, 0.25) is 0 Å². The van der Waals surface area contributed by atoms with E-state index in [1.807, 2.05) is 12.3 Å². The number of hydrogen-bond acceptors (Lipinski definition) is 4. The number of pyridine rings is 1. The molecule has 3 rings (SSSR count). The van der Waals surface area contributed by atoms with E-state index in [1.54, 1.807) is 6.20 Å². The number of hydrogen-bond donors (Lipinski definition) is 1. The molecule has 4 heteroatoms. The van der Waals surface area contributed by atoms with Gasteiger partial charge < -0.3 is 15.5 Å². The van der Waals surface area contributed by atoms with Gasteiger partial charge in [0.25, 0.3) is 0 Å². The maximum Gasteiger partial charge on any atom is 0.0632 e. The Balaban J connectivity index is 1.97. The molecule has 1 aliphatic rings. The first-order chi connectivity index (χ1) is 9.58. The molecule has 0 amide bonds. The number of rotatable bonds is 2. The van der Waals surface area contributed by atoms with Crippen LogP contribution in [0.2, 0.25) is 0 Å². The molecule has 4 nitrogen and oxygen atoms in total. The van der Waals surface area contributed by atoms with E-state index in [0.717, 1.165) is 35.2 Å². The molecule has 2 atom stereocenters. The fourth-order valence-electron chi connectivity index (χ4n) is 3.28. The minimum Gasteiger partial charge on any atom is -0.397 e. The number of anilines is 2. The molecule has 0 spiro atoms. The third-order valence-corrected chi connectivity index (χ3v) is 4.42. The van der Waals surface area contributed by atoms with Crippen molar-refractivity contribution < 1.29 is 0 Å². The third kappa shape index (κ3) is 2.10. The summed E-state index contributed by atoms with van der Waals surface area (Å²) in [5.41, 5.74) is 8.41. The summed E-state index contributed by atoms with van der Waals surface area (Å²) < 4.78 is 0. The van der Waals surface area contributed by atoms with Gasteiger partial charge in [0.05, 0.1) is 11.4 Å². The van der Waals surface area contributed by atoms with Gasteiger partial charge in [0, 0.05) is 42.3 Å². The lowest BCUT2D eigenvalue weighted by molar-refractivity contribution is 0.266. The summed E-state index contributed by atoms with van der Waals surface area (Å²) in [5.74, 6) is 0.650.